The second kappa shape index (κ2) is 7.58. The smallest absolute Gasteiger partial charge is 0.410 e. The Morgan fingerprint density at radius 1 is 1.20 bits per heavy atom. The fraction of sp³-hybridized carbons (Fsp3) is 0.438. The molecule has 0 saturated carbocycles. The minimum atomic E-state index is -0.379. The first-order valence-corrected chi connectivity index (χ1v) is 7.32. The van der Waals surface area contributed by atoms with Crippen molar-refractivity contribution in [2.45, 2.75) is 39.0 Å². The number of hydrogen-bond donors (Lipinski definition) is 2. The van der Waals surface area contributed by atoms with Crippen molar-refractivity contribution in [1.29, 1.82) is 0 Å². The molecule has 0 radical (unpaired) electrons. The van der Waals surface area contributed by atoms with Crippen molar-refractivity contribution in [3.63, 3.8) is 0 Å². The van der Waals surface area contributed by atoms with Crippen LogP contribution in [-0.2, 0) is 0 Å². The molecule has 1 aromatic heterocycles. The number of unbranched alkanes of at least 4 members (excludes halogenated alkanes) is 4. The molecule has 0 aliphatic heterocycles. The monoisotopic (exact) mass is 274 g/mol. The lowest BCUT2D eigenvalue weighted by Gasteiger charge is -2.06. The van der Waals surface area contributed by atoms with E-state index in [2.05, 4.69) is 17.2 Å². The average molecular weight is 274 g/mol. The number of carbonyl (C=O) groups is 1. The molecule has 2 rings (SSSR count). The molecule has 1 heterocycles. The highest BCUT2D eigenvalue weighted by molar-refractivity contribution is 5.82. The lowest BCUT2D eigenvalue weighted by atomic mass is 10.1. The number of nitrogens with one attached hydrogen (secondary N) is 2. The molecule has 0 spiro atoms. The molecule has 20 heavy (non-hydrogen) atoms. The fourth-order valence-electron chi connectivity index (χ4n) is 2.16. The van der Waals surface area contributed by atoms with E-state index in [9.17, 15) is 4.79 Å². The Morgan fingerprint density at radius 2 is 2.05 bits per heavy atom. The van der Waals surface area contributed by atoms with Crippen molar-refractivity contribution < 1.29 is 9.53 Å². The van der Waals surface area contributed by atoms with Gasteiger partial charge in [-0.05, 0) is 30.7 Å². The highest BCUT2D eigenvalue weighted by Gasteiger charge is 2.04. The van der Waals surface area contributed by atoms with Crippen LogP contribution in [-0.4, -0.2) is 17.6 Å². The van der Waals surface area contributed by atoms with E-state index in [0.29, 0.717) is 12.3 Å². The van der Waals surface area contributed by atoms with Gasteiger partial charge in [0.1, 0.15) is 5.75 Å². The first kappa shape index (κ1) is 14.4. The van der Waals surface area contributed by atoms with Gasteiger partial charge in [0.25, 0.3) is 0 Å². The van der Waals surface area contributed by atoms with Crippen LogP contribution >= 0.6 is 0 Å². The molecule has 1 aromatic carbocycles. The standard InChI is InChI=1S/C16H22N2O2/c1-2-3-4-5-6-10-18-16(19)20-14-7-8-15-13(12-14)9-11-17-15/h7-9,11-12,17H,2-6,10H2,1H3,(H,18,19). The lowest BCUT2D eigenvalue weighted by Crippen LogP contribution is -2.27. The number of rotatable bonds is 7. The van der Waals surface area contributed by atoms with Crippen LogP contribution in [0.3, 0.4) is 0 Å². The number of amides is 1. The third-order valence-electron chi connectivity index (χ3n) is 3.28. The van der Waals surface area contributed by atoms with E-state index in [1.54, 1.807) is 6.07 Å². The van der Waals surface area contributed by atoms with Crippen molar-refractivity contribution >= 4 is 17.0 Å². The highest BCUT2D eigenvalue weighted by atomic mass is 16.6. The van der Waals surface area contributed by atoms with Crippen molar-refractivity contribution in [3.8, 4) is 5.75 Å². The van der Waals surface area contributed by atoms with Crippen molar-refractivity contribution in [2.75, 3.05) is 6.54 Å². The first-order chi connectivity index (χ1) is 9.79. The van der Waals surface area contributed by atoms with Crippen LogP contribution in [0.5, 0.6) is 5.75 Å². The van der Waals surface area contributed by atoms with Gasteiger partial charge in [-0.3, -0.25) is 0 Å². The van der Waals surface area contributed by atoms with Crippen LogP contribution < -0.4 is 10.1 Å². The molecule has 108 valence electrons. The van der Waals surface area contributed by atoms with Gasteiger partial charge in [0.15, 0.2) is 0 Å². The Kier molecular flexibility index (Phi) is 5.47. The molecule has 0 atom stereocenters. The number of H-pyrrole nitrogens is 1. The zero-order chi connectivity index (χ0) is 14.2. The van der Waals surface area contributed by atoms with Crippen molar-refractivity contribution in [2.24, 2.45) is 0 Å². The summed E-state index contributed by atoms with van der Waals surface area (Å²) < 4.78 is 5.26. The second-order valence-electron chi connectivity index (χ2n) is 4.96. The molecule has 0 bridgehead atoms. The molecular formula is C16H22N2O2. The molecule has 0 fully saturated rings. The third-order valence-corrected chi connectivity index (χ3v) is 3.28. The van der Waals surface area contributed by atoms with Gasteiger partial charge in [-0.2, -0.15) is 0 Å². The number of carbonyl (C=O) groups excluding carboxylic acids is 1. The number of aromatic amines is 1. The minimum absolute atomic E-state index is 0.379. The summed E-state index contributed by atoms with van der Waals surface area (Å²) in [5.74, 6) is 0.570. The normalized spacial score (nSPS) is 10.7. The lowest BCUT2D eigenvalue weighted by molar-refractivity contribution is 0.200. The summed E-state index contributed by atoms with van der Waals surface area (Å²) in [7, 11) is 0. The van der Waals surface area contributed by atoms with E-state index < -0.39 is 0 Å². The van der Waals surface area contributed by atoms with Crippen LogP contribution in [0.1, 0.15) is 39.0 Å². The molecule has 0 saturated heterocycles. The largest absolute Gasteiger partial charge is 0.412 e. The first-order valence-electron chi connectivity index (χ1n) is 7.32. The molecule has 0 aliphatic carbocycles. The molecule has 0 unspecified atom stereocenters. The number of fused-ring (bicyclic) bond motifs is 1. The van der Waals surface area contributed by atoms with Gasteiger partial charge >= 0.3 is 6.09 Å². The van der Waals surface area contributed by atoms with E-state index in [4.69, 9.17) is 4.74 Å². The van der Waals surface area contributed by atoms with Crippen LogP contribution in [0.2, 0.25) is 0 Å². The van der Waals surface area contributed by atoms with E-state index in [1.807, 2.05) is 24.4 Å². The summed E-state index contributed by atoms with van der Waals surface area (Å²) in [5.41, 5.74) is 1.04. The van der Waals surface area contributed by atoms with Gasteiger partial charge in [0, 0.05) is 23.6 Å². The summed E-state index contributed by atoms with van der Waals surface area (Å²) >= 11 is 0. The Morgan fingerprint density at radius 3 is 2.90 bits per heavy atom. The summed E-state index contributed by atoms with van der Waals surface area (Å²) in [5, 5.41) is 3.82. The third kappa shape index (κ3) is 4.30. The predicted molar refractivity (Wildman–Crippen MR) is 81.1 cm³/mol. The Labute approximate surface area is 119 Å². The van der Waals surface area contributed by atoms with E-state index in [1.165, 1.54) is 19.3 Å². The zero-order valence-corrected chi connectivity index (χ0v) is 11.9. The van der Waals surface area contributed by atoms with Crippen LogP contribution in [0.25, 0.3) is 10.9 Å². The maximum absolute atomic E-state index is 11.6. The number of hydrogen-bond acceptors (Lipinski definition) is 2. The molecule has 0 aliphatic rings. The Balaban J connectivity index is 1.71. The minimum Gasteiger partial charge on any atom is -0.410 e. The molecule has 1 amide bonds. The molecular weight excluding hydrogens is 252 g/mol. The van der Waals surface area contributed by atoms with Gasteiger partial charge in [-0.15, -0.1) is 0 Å². The Hall–Kier alpha value is -1.97. The van der Waals surface area contributed by atoms with E-state index >= 15 is 0 Å². The number of aromatic nitrogens is 1. The Bertz CT molecular complexity index is 548. The van der Waals surface area contributed by atoms with Gasteiger partial charge in [-0.1, -0.05) is 32.6 Å². The summed E-state index contributed by atoms with van der Waals surface area (Å²) in [6.45, 7) is 2.87. The van der Waals surface area contributed by atoms with Crippen molar-refractivity contribution in [1.82, 2.24) is 10.3 Å². The molecule has 2 N–H and O–H groups in total. The molecule has 2 aromatic rings. The van der Waals surface area contributed by atoms with Gasteiger partial charge in [0.05, 0.1) is 0 Å². The number of benzene rings is 1. The SMILES string of the molecule is CCCCCCCNC(=O)Oc1ccc2[nH]ccc2c1. The van der Waals surface area contributed by atoms with Gasteiger partial charge < -0.3 is 15.0 Å². The van der Waals surface area contributed by atoms with Crippen LogP contribution in [0, 0.1) is 0 Å². The average Bonchev–Trinajstić information content (AvgIpc) is 2.90. The zero-order valence-electron chi connectivity index (χ0n) is 11.9. The second-order valence-corrected chi connectivity index (χ2v) is 4.96. The highest BCUT2D eigenvalue weighted by Crippen LogP contribution is 2.19. The van der Waals surface area contributed by atoms with E-state index in [-0.39, 0.29) is 6.09 Å². The summed E-state index contributed by atoms with van der Waals surface area (Å²) in [6, 6.07) is 7.50. The summed E-state index contributed by atoms with van der Waals surface area (Å²) in [6.07, 6.45) is 7.38. The van der Waals surface area contributed by atoms with Gasteiger partial charge in [0.2, 0.25) is 0 Å². The van der Waals surface area contributed by atoms with Crippen LogP contribution in [0.4, 0.5) is 4.79 Å². The maximum atomic E-state index is 11.6. The van der Waals surface area contributed by atoms with E-state index in [0.717, 1.165) is 23.7 Å². The van der Waals surface area contributed by atoms with Gasteiger partial charge in [-0.25, -0.2) is 4.79 Å². The quantitative estimate of drug-likeness (QED) is 0.742. The fourth-order valence-corrected chi connectivity index (χ4v) is 2.16. The van der Waals surface area contributed by atoms with Crippen molar-refractivity contribution in [3.05, 3.63) is 30.5 Å². The topological polar surface area (TPSA) is 54.1 Å². The molecule has 4 heteroatoms. The molecule has 4 nitrogen and oxygen atoms in total. The number of ether oxygens (including phenoxy) is 1. The maximum Gasteiger partial charge on any atom is 0.412 e. The van der Waals surface area contributed by atoms with Crippen LogP contribution in [0.15, 0.2) is 30.5 Å². The summed E-state index contributed by atoms with van der Waals surface area (Å²) in [4.78, 5) is 14.7. The predicted octanol–water partition coefficient (Wildman–Crippen LogP) is 4.23.